The van der Waals surface area contributed by atoms with Gasteiger partial charge in [0.25, 0.3) is 0 Å². The number of hydrogen-bond donors (Lipinski definition) is 0. The molecular weight excluding hydrogens is 653 g/mol. The smallest absolute Gasteiger partial charge is 0.0541 e. The van der Waals surface area contributed by atoms with Crippen LogP contribution in [0.15, 0.2) is 206 Å². The van der Waals surface area contributed by atoms with Crippen molar-refractivity contribution in [2.75, 3.05) is 0 Å². The average Bonchev–Trinajstić information content (AvgIpc) is 3.76. The molecule has 0 saturated heterocycles. The van der Waals surface area contributed by atoms with Crippen LogP contribution in [0.25, 0.3) is 99.1 Å². The molecule has 0 atom stereocenters. The fourth-order valence-corrected chi connectivity index (χ4v) is 8.67. The number of fused-ring (bicyclic) bond motifs is 7. The molecule has 11 aromatic rings. The number of hydrogen-bond acceptors (Lipinski definition) is 0. The summed E-state index contributed by atoms with van der Waals surface area (Å²) < 4.78 is 4.79. The van der Waals surface area contributed by atoms with Crippen molar-refractivity contribution >= 4 is 54.4 Å². The van der Waals surface area contributed by atoms with Crippen LogP contribution in [0.2, 0.25) is 0 Å². The van der Waals surface area contributed by atoms with Crippen molar-refractivity contribution in [3.8, 4) is 44.8 Å². The largest absolute Gasteiger partial charge is 0.309 e. The summed E-state index contributed by atoms with van der Waals surface area (Å²) in [5, 5.41) is 7.50. The van der Waals surface area contributed by atoms with E-state index < -0.39 is 0 Å². The summed E-state index contributed by atoms with van der Waals surface area (Å²) >= 11 is 0. The maximum atomic E-state index is 2.41. The second-order valence-corrected chi connectivity index (χ2v) is 14.1. The van der Waals surface area contributed by atoms with Crippen molar-refractivity contribution in [2.45, 2.75) is 0 Å². The first-order valence-electron chi connectivity index (χ1n) is 18.6. The third-order valence-corrected chi connectivity index (χ3v) is 11.1. The van der Waals surface area contributed by atoms with Crippen molar-refractivity contribution in [2.24, 2.45) is 0 Å². The number of para-hydroxylation sites is 3. The highest BCUT2D eigenvalue weighted by Crippen LogP contribution is 2.42. The lowest BCUT2D eigenvalue weighted by molar-refractivity contribution is 1.18. The first-order chi connectivity index (χ1) is 26.8. The molecule has 0 aliphatic carbocycles. The third-order valence-electron chi connectivity index (χ3n) is 11.1. The highest BCUT2D eigenvalue weighted by Gasteiger charge is 2.18. The second kappa shape index (κ2) is 12.2. The molecule has 252 valence electrons. The molecule has 0 amide bonds. The summed E-state index contributed by atoms with van der Waals surface area (Å²) in [6, 6.07) is 75.2. The fraction of sp³-hybridized carbons (Fsp3) is 0. The van der Waals surface area contributed by atoms with Crippen LogP contribution in [0.1, 0.15) is 0 Å². The SMILES string of the molecule is c1ccc(-n2c3ccccc3c3cc(-c4ccccc4-c4ccccc4-c4ccc5c(c4)c4ccccc4n5-c4ccc5ccccc5c4)ccc32)cc1. The van der Waals surface area contributed by atoms with E-state index >= 15 is 0 Å². The molecule has 0 unspecified atom stereocenters. The van der Waals surface area contributed by atoms with Gasteiger partial charge in [0.2, 0.25) is 0 Å². The van der Waals surface area contributed by atoms with Gasteiger partial charge in [-0.3, -0.25) is 0 Å². The maximum Gasteiger partial charge on any atom is 0.0541 e. The molecule has 2 aromatic heterocycles. The topological polar surface area (TPSA) is 9.86 Å². The normalized spacial score (nSPS) is 11.7. The van der Waals surface area contributed by atoms with Gasteiger partial charge < -0.3 is 9.13 Å². The van der Waals surface area contributed by atoms with E-state index in [0.717, 1.165) is 0 Å². The predicted octanol–water partition coefficient (Wildman–Crippen LogP) is 14.0. The molecule has 2 heterocycles. The van der Waals surface area contributed by atoms with Gasteiger partial charge in [0.05, 0.1) is 22.1 Å². The number of benzene rings is 9. The lowest BCUT2D eigenvalue weighted by Gasteiger charge is -2.15. The van der Waals surface area contributed by atoms with Crippen LogP contribution >= 0.6 is 0 Å². The average molecular weight is 687 g/mol. The number of rotatable bonds is 5. The Morgan fingerprint density at radius 2 is 0.685 bits per heavy atom. The van der Waals surface area contributed by atoms with E-state index in [0.29, 0.717) is 0 Å². The van der Waals surface area contributed by atoms with Crippen molar-refractivity contribution in [3.63, 3.8) is 0 Å². The van der Waals surface area contributed by atoms with Crippen LogP contribution in [-0.2, 0) is 0 Å². The molecule has 0 N–H and O–H groups in total. The summed E-state index contributed by atoms with van der Waals surface area (Å²) in [5.74, 6) is 0. The summed E-state index contributed by atoms with van der Waals surface area (Å²) in [6.07, 6.45) is 0. The zero-order valence-electron chi connectivity index (χ0n) is 29.5. The van der Waals surface area contributed by atoms with Crippen LogP contribution in [0, 0.1) is 0 Å². The molecule has 0 aliphatic heterocycles. The van der Waals surface area contributed by atoms with Crippen LogP contribution in [-0.4, -0.2) is 9.13 Å². The molecule has 0 fully saturated rings. The quantitative estimate of drug-likeness (QED) is 0.171. The first-order valence-corrected chi connectivity index (χ1v) is 18.6. The highest BCUT2D eigenvalue weighted by atomic mass is 15.0. The zero-order chi connectivity index (χ0) is 35.6. The van der Waals surface area contributed by atoms with E-state index in [4.69, 9.17) is 0 Å². The molecule has 2 nitrogen and oxygen atoms in total. The molecule has 0 aliphatic rings. The van der Waals surface area contributed by atoms with Gasteiger partial charge in [-0.2, -0.15) is 0 Å². The van der Waals surface area contributed by atoms with Gasteiger partial charge >= 0.3 is 0 Å². The Morgan fingerprint density at radius 1 is 0.241 bits per heavy atom. The summed E-state index contributed by atoms with van der Waals surface area (Å²) in [7, 11) is 0. The molecule has 54 heavy (non-hydrogen) atoms. The van der Waals surface area contributed by atoms with Gasteiger partial charge in [0, 0.05) is 32.9 Å². The van der Waals surface area contributed by atoms with Crippen molar-refractivity contribution in [1.82, 2.24) is 9.13 Å². The minimum Gasteiger partial charge on any atom is -0.309 e. The molecule has 0 saturated carbocycles. The van der Waals surface area contributed by atoms with E-state index in [1.54, 1.807) is 0 Å². The van der Waals surface area contributed by atoms with Gasteiger partial charge in [0.15, 0.2) is 0 Å². The molecule has 9 aromatic carbocycles. The zero-order valence-corrected chi connectivity index (χ0v) is 29.5. The summed E-state index contributed by atoms with van der Waals surface area (Å²) in [5.41, 5.74) is 14.5. The van der Waals surface area contributed by atoms with Crippen LogP contribution in [0.3, 0.4) is 0 Å². The fourth-order valence-electron chi connectivity index (χ4n) is 8.67. The third kappa shape index (κ3) is 4.74. The molecular formula is C52H34N2. The molecule has 0 bridgehead atoms. The number of nitrogens with zero attached hydrogens (tertiary/aromatic N) is 2. The molecule has 0 radical (unpaired) electrons. The number of aromatic nitrogens is 2. The monoisotopic (exact) mass is 686 g/mol. The maximum absolute atomic E-state index is 2.41. The molecule has 2 heteroatoms. The van der Waals surface area contributed by atoms with Crippen LogP contribution in [0.5, 0.6) is 0 Å². The Morgan fingerprint density at radius 3 is 1.28 bits per heavy atom. The Hall–Kier alpha value is -7.16. The molecule has 11 rings (SSSR count). The first kappa shape index (κ1) is 30.5. The highest BCUT2D eigenvalue weighted by molar-refractivity contribution is 6.12. The van der Waals surface area contributed by atoms with Crippen LogP contribution < -0.4 is 0 Å². The van der Waals surface area contributed by atoms with E-state index in [1.165, 1.54) is 99.1 Å². The Kier molecular flexibility index (Phi) is 6.90. The Labute approximate surface area is 313 Å². The summed E-state index contributed by atoms with van der Waals surface area (Å²) in [6.45, 7) is 0. The van der Waals surface area contributed by atoms with E-state index in [1.807, 2.05) is 0 Å². The van der Waals surface area contributed by atoms with Gasteiger partial charge in [-0.05, 0) is 105 Å². The lowest BCUT2D eigenvalue weighted by Crippen LogP contribution is -1.94. The second-order valence-electron chi connectivity index (χ2n) is 14.1. The van der Waals surface area contributed by atoms with Gasteiger partial charge in [-0.1, -0.05) is 146 Å². The van der Waals surface area contributed by atoms with Crippen molar-refractivity contribution in [1.29, 1.82) is 0 Å². The van der Waals surface area contributed by atoms with E-state index in [9.17, 15) is 0 Å². The standard InChI is InChI=1S/C52H34N2/c1-2-16-39(17-3-1)53-49-24-12-10-22-45(49)47-33-37(27-30-51(47)53)41-18-6-8-20-43(41)44-21-9-7-19-42(44)38-28-31-52-48(34-38)46-23-11-13-25-50(46)54(52)40-29-26-35-14-4-5-15-36(35)32-40/h1-34H. The minimum atomic E-state index is 1.17. The Bertz CT molecular complexity index is 3220. The lowest BCUT2D eigenvalue weighted by atomic mass is 9.89. The summed E-state index contributed by atoms with van der Waals surface area (Å²) in [4.78, 5) is 0. The van der Waals surface area contributed by atoms with Crippen molar-refractivity contribution in [3.05, 3.63) is 206 Å². The van der Waals surface area contributed by atoms with Gasteiger partial charge in [-0.15, -0.1) is 0 Å². The Balaban J connectivity index is 1.07. The predicted molar refractivity (Wildman–Crippen MR) is 229 cm³/mol. The molecule has 0 spiro atoms. The van der Waals surface area contributed by atoms with E-state index in [-0.39, 0.29) is 0 Å². The minimum absolute atomic E-state index is 1.17. The van der Waals surface area contributed by atoms with Crippen LogP contribution in [0.4, 0.5) is 0 Å². The van der Waals surface area contributed by atoms with Gasteiger partial charge in [0.1, 0.15) is 0 Å². The van der Waals surface area contributed by atoms with E-state index in [2.05, 4.69) is 215 Å². The van der Waals surface area contributed by atoms with Crippen molar-refractivity contribution < 1.29 is 0 Å². The van der Waals surface area contributed by atoms with Gasteiger partial charge in [-0.25, -0.2) is 0 Å².